The van der Waals surface area contributed by atoms with Crippen LogP contribution in [0.5, 0.6) is 0 Å². The molecule has 5 atom stereocenters. The average Bonchev–Trinajstić information content (AvgIpc) is 3.45. The van der Waals surface area contributed by atoms with Crippen LogP contribution in [-0.4, -0.2) is 50.0 Å². The summed E-state index contributed by atoms with van der Waals surface area (Å²) in [5.74, 6) is -3.50. The zero-order chi connectivity index (χ0) is 26.7. The molecule has 8 nitrogen and oxygen atoms in total. The fraction of sp³-hybridized carbons (Fsp3) is 0.476. The van der Waals surface area contributed by atoms with Crippen LogP contribution in [0.3, 0.4) is 0 Å². The molecular weight excluding hydrogens is 425 g/mol. The standard InChI is InChI=1S/C21H23F3N6O2/c22-11-7-15(23)18(16(24)8-11)28-21-27-17-9-25-20(26-12-1-3-14(31)4-2-12)29-19(17)30(21)13-5-6-32-10-13/h7-9,12-14,31H,1-6,10H2,(H,27,28)(H,25,26,29)/i1D,2D2,4D,14D. The van der Waals surface area contributed by atoms with Crippen molar-refractivity contribution in [3.8, 4) is 0 Å². The van der Waals surface area contributed by atoms with Gasteiger partial charge in [0, 0.05) is 30.3 Å². The predicted molar refractivity (Wildman–Crippen MR) is 111 cm³/mol. The monoisotopic (exact) mass is 453 g/mol. The Balaban J connectivity index is 1.53. The Labute approximate surface area is 188 Å². The number of benzene rings is 1. The maximum Gasteiger partial charge on any atom is 0.224 e. The van der Waals surface area contributed by atoms with E-state index in [1.165, 1.54) is 6.20 Å². The number of aliphatic hydroxyl groups is 1. The number of ether oxygens (including phenoxy) is 1. The molecule has 5 unspecified atom stereocenters. The summed E-state index contributed by atoms with van der Waals surface area (Å²) in [7, 11) is 0. The van der Waals surface area contributed by atoms with Gasteiger partial charge in [-0.25, -0.2) is 23.1 Å². The van der Waals surface area contributed by atoms with Gasteiger partial charge in [-0.15, -0.1) is 0 Å². The van der Waals surface area contributed by atoms with Crippen LogP contribution in [0.1, 0.15) is 44.9 Å². The summed E-state index contributed by atoms with van der Waals surface area (Å²) in [4.78, 5) is 12.9. The molecule has 0 bridgehead atoms. The molecule has 1 aliphatic carbocycles. The van der Waals surface area contributed by atoms with Crippen molar-refractivity contribution in [1.29, 1.82) is 0 Å². The number of rotatable bonds is 5. The van der Waals surface area contributed by atoms with Crippen LogP contribution in [0.2, 0.25) is 0 Å². The molecule has 1 saturated carbocycles. The molecule has 5 rings (SSSR count). The number of fused-ring (bicyclic) bond motifs is 1. The van der Waals surface area contributed by atoms with E-state index in [1.54, 1.807) is 4.57 Å². The highest BCUT2D eigenvalue weighted by atomic mass is 19.1. The van der Waals surface area contributed by atoms with Gasteiger partial charge in [-0.05, 0) is 32.0 Å². The van der Waals surface area contributed by atoms with Gasteiger partial charge in [0.1, 0.15) is 17.0 Å². The Kier molecular flexibility index (Phi) is 4.22. The highest BCUT2D eigenvalue weighted by molar-refractivity contribution is 5.76. The number of aromatic nitrogens is 4. The number of hydrogen-bond donors (Lipinski definition) is 3. The zero-order valence-corrected chi connectivity index (χ0v) is 16.6. The van der Waals surface area contributed by atoms with Crippen molar-refractivity contribution in [3.63, 3.8) is 0 Å². The second-order valence-electron chi connectivity index (χ2n) is 7.46. The average molecular weight is 453 g/mol. The third kappa shape index (κ3) is 4.09. The predicted octanol–water partition coefficient (Wildman–Crippen LogP) is 3.66. The van der Waals surface area contributed by atoms with E-state index >= 15 is 0 Å². The second-order valence-corrected chi connectivity index (χ2v) is 7.46. The van der Waals surface area contributed by atoms with Crippen molar-refractivity contribution in [3.05, 3.63) is 35.8 Å². The molecule has 1 saturated heterocycles. The summed E-state index contributed by atoms with van der Waals surface area (Å²) in [6, 6.07) is -0.579. The highest BCUT2D eigenvalue weighted by Crippen LogP contribution is 2.32. The quantitative estimate of drug-likeness (QED) is 0.542. The lowest BCUT2D eigenvalue weighted by molar-refractivity contribution is 0.126. The first kappa shape index (κ1) is 15.8. The van der Waals surface area contributed by atoms with Gasteiger partial charge in [0.25, 0.3) is 0 Å². The van der Waals surface area contributed by atoms with Gasteiger partial charge in [-0.2, -0.15) is 4.98 Å². The highest BCUT2D eigenvalue weighted by Gasteiger charge is 2.27. The molecule has 1 aliphatic heterocycles. The van der Waals surface area contributed by atoms with Crippen molar-refractivity contribution in [2.24, 2.45) is 0 Å². The van der Waals surface area contributed by atoms with Crippen molar-refractivity contribution >= 4 is 28.7 Å². The third-order valence-corrected chi connectivity index (χ3v) is 5.22. The molecule has 3 N–H and O–H groups in total. The molecule has 170 valence electrons. The van der Waals surface area contributed by atoms with Gasteiger partial charge in [0.15, 0.2) is 17.3 Å². The largest absolute Gasteiger partial charge is 0.393 e. The topological polar surface area (TPSA) is 97.1 Å². The van der Waals surface area contributed by atoms with Crippen molar-refractivity contribution in [1.82, 2.24) is 19.5 Å². The minimum absolute atomic E-state index is 0.00165. The van der Waals surface area contributed by atoms with Crippen LogP contribution in [0.4, 0.5) is 30.8 Å². The van der Waals surface area contributed by atoms with Gasteiger partial charge in [-0.3, -0.25) is 4.57 Å². The van der Waals surface area contributed by atoms with E-state index in [2.05, 4.69) is 25.6 Å². The zero-order valence-electron chi connectivity index (χ0n) is 21.6. The smallest absolute Gasteiger partial charge is 0.224 e. The fourth-order valence-electron chi connectivity index (χ4n) is 3.68. The van der Waals surface area contributed by atoms with E-state index < -0.39 is 60.8 Å². The third-order valence-electron chi connectivity index (χ3n) is 5.22. The molecule has 32 heavy (non-hydrogen) atoms. The summed E-state index contributed by atoms with van der Waals surface area (Å²) in [5, 5.41) is 15.4. The minimum atomic E-state index is -2.47. The molecule has 0 spiro atoms. The number of nitrogens with zero attached hydrogens (tertiary/aromatic N) is 4. The van der Waals surface area contributed by atoms with Crippen molar-refractivity contribution in [2.75, 3.05) is 23.8 Å². The molecule has 2 aromatic heterocycles. The Bertz CT molecular complexity index is 1320. The maximum atomic E-state index is 14.3. The van der Waals surface area contributed by atoms with Crippen LogP contribution in [0, 0.1) is 17.5 Å². The van der Waals surface area contributed by atoms with E-state index in [9.17, 15) is 18.3 Å². The fourth-order valence-corrected chi connectivity index (χ4v) is 3.68. The van der Waals surface area contributed by atoms with E-state index in [0.717, 1.165) is 0 Å². The van der Waals surface area contributed by atoms with Crippen LogP contribution in [-0.2, 0) is 4.74 Å². The SMILES string of the molecule is [2H]C1CC([2H])(O)C([2H])C([2H])([2H])C1Nc1ncc2nc(Nc3c(F)cc(F)cc3F)n(C3CCOC3)c2n1. The molecule has 3 aromatic rings. The number of anilines is 3. The molecule has 3 heterocycles. The summed E-state index contributed by atoms with van der Waals surface area (Å²) in [6.45, 7) is 0.673. The van der Waals surface area contributed by atoms with Crippen LogP contribution < -0.4 is 10.6 Å². The minimum Gasteiger partial charge on any atom is -0.393 e. The molecule has 2 fully saturated rings. The second kappa shape index (κ2) is 8.55. The molecule has 1 aromatic carbocycles. The normalized spacial score (nSPS) is 34.3. The molecule has 0 radical (unpaired) electrons. The van der Waals surface area contributed by atoms with Crippen LogP contribution in [0.15, 0.2) is 18.3 Å². The summed E-state index contributed by atoms with van der Waals surface area (Å²) < 4.78 is 89.7. The molecular formula is C21H23F3N6O2. The number of nitrogens with one attached hydrogen (secondary N) is 2. The van der Waals surface area contributed by atoms with E-state index in [0.29, 0.717) is 25.2 Å². The molecule has 2 aliphatic rings. The van der Waals surface area contributed by atoms with Crippen molar-refractivity contribution in [2.45, 2.75) is 50.2 Å². The van der Waals surface area contributed by atoms with Gasteiger partial charge < -0.3 is 20.5 Å². The number of halogens is 3. The van der Waals surface area contributed by atoms with E-state index in [-0.39, 0.29) is 35.7 Å². The number of hydrogen-bond acceptors (Lipinski definition) is 7. The Hall–Kier alpha value is -2.92. The lowest BCUT2D eigenvalue weighted by Gasteiger charge is -2.26. The van der Waals surface area contributed by atoms with E-state index in [1.807, 2.05) is 0 Å². The first-order valence-electron chi connectivity index (χ1n) is 12.6. The van der Waals surface area contributed by atoms with E-state index in [4.69, 9.17) is 11.6 Å². The van der Waals surface area contributed by atoms with Crippen molar-refractivity contribution < 1.29 is 29.9 Å². The van der Waals surface area contributed by atoms with Crippen LogP contribution in [0.25, 0.3) is 11.2 Å². The van der Waals surface area contributed by atoms with Gasteiger partial charge in [0.2, 0.25) is 11.9 Å². The van der Waals surface area contributed by atoms with Gasteiger partial charge >= 0.3 is 0 Å². The lowest BCUT2D eigenvalue weighted by atomic mass is 9.93. The van der Waals surface area contributed by atoms with Crippen LogP contribution >= 0.6 is 0 Å². The number of imidazole rings is 1. The summed E-state index contributed by atoms with van der Waals surface area (Å²) >= 11 is 0. The molecule has 11 heteroatoms. The van der Waals surface area contributed by atoms with Gasteiger partial charge in [-0.1, -0.05) is 0 Å². The first-order valence-corrected chi connectivity index (χ1v) is 9.96. The summed E-state index contributed by atoms with van der Waals surface area (Å²) in [6.07, 6.45) is -6.65. The summed E-state index contributed by atoms with van der Waals surface area (Å²) in [5.41, 5.74) is -0.161. The lowest BCUT2D eigenvalue weighted by Crippen LogP contribution is -2.29. The Morgan fingerprint density at radius 3 is 2.75 bits per heavy atom. The Morgan fingerprint density at radius 1 is 1.19 bits per heavy atom. The maximum absolute atomic E-state index is 14.3. The molecule has 0 amide bonds. The Morgan fingerprint density at radius 2 is 2.00 bits per heavy atom. The van der Waals surface area contributed by atoms with Gasteiger partial charge in [0.05, 0.1) is 26.3 Å². The first-order chi connectivity index (χ1) is 17.4.